The highest BCUT2D eigenvalue weighted by Gasteiger charge is 2.53. The molecule has 2 fully saturated rings. The summed E-state index contributed by atoms with van der Waals surface area (Å²) < 4.78 is 48.7. The van der Waals surface area contributed by atoms with E-state index in [0.717, 1.165) is 0 Å². The lowest BCUT2D eigenvalue weighted by Crippen LogP contribution is -2.39. The highest BCUT2D eigenvalue weighted by atomic mass is 32.2. The molecule has 0 unspecified atom stereocenters. The third-order valence-electron chi connectivity index (χ3n) is 3.58. The topological polar surface area (TPSA) is 63.2 Å². The van der Waals surface area contributed by atoms with Gasteiger partial charge in [0.05, 0.1) is 4.75 Å². The molecule has 2 saturated carbocycles. The molecule has 1 N–H and O–H groups in total. The molecule has 0 heterocycles. The normalized spacial score (nSPS) is 30.1. The summed E-state index contributed by atoms with van der Waals surface area (Å²) in [6.45, 7) is 1.58. The molecule has 1 amide bonds. The van der Waals surface area contributed by atoms with Crippen molar-refractivity contribution in [3.05, 3.63) is 0 Å². The number of carbonyl (C=O) groups excluding carboxylic acids is 1. The van der Waals surface area contributed by atoms with E-state index in [4.69, 9.17) is 0 Å². The van der Waals surface area contributed by atoms with Crippen LogP contribution in [-0.4, -0.2) is 25.5 Å². The van der Waals surface area contributed by atoms with Crippen molar-refractivity contribution in [2.45, 2.75) is 43.8 Å². The number of nitrogens with one attached hydrogen (secondary N) is 1. The predicted molar refractivity (Wildman–Crippen MR) is 56.9 cm³/mol. The predicted octanol–water partition coefficient (Wildman–Crippen LogP) is 1.28. The number of sulfonamides is 1. The number of halogens is 2. The van der Waals surface area contributed by atoms with E-state index in [1.807, 2.05) is 4.72 Å². The van der Waals surface area contributed by atoms with Gasteiger partial charge in [0, 0.05) is 12.3 Å². The average molecular weight is 267 g/mol. The van der Waals surface area contributed by atoms with Crippen molar-refractivity contribution in [2.24, 2.45) is 11.8 Å². The van der Waals surface area contributed by atoms with E-state index in [2.05, 4.69) is 0 Å². The summed E-state index contributed by atoms with van der Waals surface area (Å²) in [5, 5.41) is 0. The van der Waals surface area contributed by atoms with Crippen LogP contribution in [0.25, 0.3) is 0 Å². The molecule has 2 aliphatic rings. The van der Waals surface area contributed by atoms with Crippen LogP contribution in [0.3, 0.4) is 0 Å². The average Bonchev–Trinajstić information content (AvgIpc) is 3.02. The minimum Gasteiger partial charge on any atom is -0.274 e. The maximum atomic E-state index is 12.0. The Bertz CT molecular complexity index is 431. The third-order valence-corrected chi connectivity index (χ3v) is 5.75. The smallest absolute Gasteiger partial charge is 0.240 e. The number of rotatable bonds is 5. The summed E-state index contributed by atoms with van der Waals surface area (Å²) in [5.74, 6) is -1.54. The van der Waals surface area contributed by atoms with E-state index in [0.29, 0.717) is 19.3 Å². The second-order valence-corrected chi connectivity index (χ2v) is 7.35. The SMILES string of the molecule is CC1(S(=O)(=O)NC(=O)[C@H]2C[C@H]2CC(F)F)CC1. The van der Waals surface area contributed by atoms with Gasteiger partial charge in [-0.05, 0) is 32.1 Å². The van der Waals surface area contributed by atoms with Crippen LogP contribution in [-0.2, 0) is 14.8 Å². The molecule has 2 rings (SSSR count). The lowest BCUT2D eigenvalue weighted by Gasteiger charge is -2.11. The van der Waals surface area contributed by atoms with Gasteiger partial charge in [0.1, 0.15) is 0 Å². The van der Waals surface area contributed by atoms with E-state index in [9.17, 15) is 22.0 Å². The van der Waals surface area contributed by atoms with Gasteiger partial charge in [0.25, 0.3) is 0 Å². The van der Waals surface area contributed by atoms with Crippen LogP contribution < -0.4 is 4.72 Å². The van der Waals surface area contributed by atoms with Crippen LogP contribution >= 0.6 is 0 Å². The zero-order valence-corrected chi connectivity index (χ0v) is 10.3. The van der Waals surface area contributed by atoms with Gasteiger partial charge in [-0.1, -0.05) is 0 Å². The van der Waals surface area contributed by atoms with Crippen molar-refractivity contribution in [2.75, 3.05) is 0 Å². The number of amides is 1. The van der Waals surface area contributed by atoms with E-state index >= 15 is 0 Å². The molecule has 0 aliphatic heterocycles. The van der Waals surface area contributed by atoms with E-state index in [1.54, 1.807) is 6.92 Å². The maximum absolute atomic E-state index is 12.0. The summed E-state index contributed by atoms with van der Waals surface area (Å²) in [4.78, 5) is 11.6. The Balaban J connectivity index is 1.87. The maximum Gasteiger partial charge on any atom is 0.240 e. The summed E-state index contributed by atoms with van der Waals surface area (Å²) in [6.07, 6.45) is -1.31. The van der Waals surface area contributed by atoms with Crippen molar-refractivity contribution in [1.82, 2.24) is 4.72 Å². The van der Waals surface area contributed by atoms with Crippen LogP contribution in [0.1, 0.15) is 32.6 Å². The first-order valence-corrected chi connectivity index (χ1v) is 7.08. The molecule has 0 aromatic rings. The van der Waals surface area contributed by atoms with Crippen molar-refractivity contribution < 1.29 is 22.0 Å². The summed E-state index contributed by atoms with van der Waals surface area (Å²) in [7, 11) is -3.63. The molecule has 4 nitrogen and oxygen atoms in total. The number of hydrogen-bond acceptors (Lipinski definition) is 3. The second kappa shape index (κ2) is 3.90. The molecule has 0 aromatic heterocycles. The Labute approximate surface area is 98.8 Å². The molecule has 17 heavy (non-hydrogen) atoms. The highest BCUT2D eigenvalue weighted by molar-refractivity contribution is 7.91. The Morgan fingerprint density at radius 3 is 2.53 bits per heavy atom. The minimum atomic E-state index is -3.63. The third kappa shape index (κ3) is 2.59. The minimum absolute atomic E-state index is 0.324. The van der Waals surface area contributed by atoms with Crippen LogP contribution in [0.15, 0.2) is 0 Å². The van der Waals surface area contributed by atoms with Gasteiger partial charge in [0.15, 0.2) is 0 Å². The lowest BCUT2D eigenvalue weighted by molar-refractivity contribution is -0.120. The molecule has 2 atom stereocenters. The van der Waals surface area contributed by atoms with Crippen LogP contribution in [0, 0.1) is 11.8 Å². The fourth-order valence-corrected chi connectivity index (χ4v) is 3.14. The molecule has 7 heteroatoms. The van der Waals surface area contributed by atoms with Crippen LogP contribution in [0.4, 0.5) is 8.78 Å². The van der Waals surface area contributed by atoms with Crippen LogP contribution in [0.5, 0.6) is 0 Å². The molecule has 0 saturated heterocycles. The summed E-state index contributed by atoms with van der Waals surface area (Å²) >= 11 is 0. The highest BCUT2D eigenvalue weighted by Crippen LogP contribution is 2.45. The van der Waals surface area contributed by atoms with Gasteiger partial charge >= 0.3 is 0 Å². The Morgan fingerprint density at radius 1 is 1.47 bits per heavy atom. The monoisotopic (exact) mass is 267 g/mol. The number of hydrogen-bond donors (Lipinski definition) is 1. The molecule has 0 spiro atoms. The van der Waals surface area contributed by atoms with Crippen molar-refractivity contribution in [3.63, 3.8) is 0 Å². The first kappa shape index (κ1) is 12.7. The van der Waals surface area contributed by atoms with E-state index < -0.39 is 33.0 Å². The van der Waals surface area contributed by atoms with Crippen LogP contribution in [0.2, 0.25) is 0 Å². The van der Waals surface area contributed by atoms with Crippen molar-refractivity contribution in [3.8, 4) is 0 Å². The Kier molecular flexibility index (Phi) is 2.92. The van der Waals surface area contributed by atoms with Gasteiger partial charge in [-0.15, -0.1) is 0 Å². The van der Waals surface area contributed by atoms with E-state index in [-0.39, 0.29) is 12.3 Å². The van der Waals surface area contributed by atoms with Gasteiger partial charge in [-0.3, -0.25) is 9.52 Å². The Hall–Kier alpha value is -0.720. The molecule has 0 aromatic carbocycles. The fourth-order valence-electron chi connectivity index (χ4n) is 1.83. The lowest BCUT2D eigenvalue weighted by atomic mass is 10.2. The number of alkyl halides is 2. The van der Waals surface area contributed by atoms with E-state index in [1.165, 1.54) is 0 Å². The Morgan fingerprint density at radius 2 is 2.06 bits per heavy atom. The van der Waals surface area contributed by atoms with Crippen molar-refractivity contribution in [1.29, 1.82) is 0 Å². The van der Waals surface area contributed by atoms with Crippen molar-refractivity contribution >= 4 is 15.9 Å². The zero-order chi connectivity index (χ0) is 12.8. The van der Waals surface area contributed by atoms with Gasteiger partial charge in [-0.25, -0.2) is 17.2 Å². The second-order valence-electron chi connectivity index (χ2n) is 5.15. The molecule has 0 radical (unpaired) electrons. The molecular weight excluding hydrogens is 252 g/mol. The van der Waals surface area contributed by atoms with Gasteiger partial charge < -0.3 is 0 Å². The molecule has 98 valence electrons. The largest absolute Gasteiger partial charge is 0.274 e. The molecule has 2 aliphatic carbocycles. The van der Waals surface area contributed by atoms with Gasteiger partial charge in [0.2, 0.25) is 22.4 Å². The molecular formula is C10H15F2NO3S. The first-order chi connectivity index (χ1) is 7.75. The zero-order valence-electron chi connectivity index (χ0n) is 9.45. The first-order valence-electron chi connectivity index (χ1n) is 5.59. The quantitative estimate of drug-likeness (QED) is 0.816. The summed E-state index contributed by atoms with van der Waals surface area (Å²) in [5.41, 5.74) is 0. The molecule has 0 bridgehead atoms. The van der Waals surface area contributed by atoms with Gasteiger partial charge in [-0.2, -0.15) is 0 Å². The number of carbonyl (C=O) groups is 1. The fraction of sp³-hybridized carbons (Fsp3) is 0.900. The standard InChI is InChI=1S/C10H15F2NO3S/c1-10(2-3-10)17(15,16)13-9(14)7-4-6(7)5-8(11)12/h6-8H,2-5H2,1H3,(H,13,14)/t6-,7-/m0/s1. The summed E-state index contributed by atoms with van der Waals surface area (Å²) in [6, 6.07) is 0.